The number of hydrogen-bond acceptors (Lipinski definition) is 2. The van der Waals surface area contributed by atoms with Crippen molar-refractivity contribution in [2.45, 2.75) is 12.3 Å². The van der Waals surface area contributed by atoms with Crippen molar-refractivity contribution in [2.75, 3.05) is 4.90 Å². The van der Waals surface area contributed by atoms with Gasteiger partial charge in [0.05, 0.1) is 17.1 Å². The van der Waals surface area contributed by atoms with E-state index in [0.717, 1.165) is 39.0 Å². The minimum atomic E-state index is -0.528. The van der Waals surface area contributed by atoms with E-state index in [-0.39, 0.29) is 0 Å². The molecule has 9 aromatic carbocycles. The van der Waals surface area contributed by atoms with E-state index >= 15 is 0 Å². The van der Waals surface area contributed by atoms with Crippen molar-refractivity contribution >= 4 is 39.0 Å². The molecule has 10 aromatic rings. The van der Waals surface area contributed by atoms with Gasteiger partial charge in [-0.2, -0.15) is 0 Å². The first kappa shape index (κ1) is 33.9. The number of anilines is 3. The molecule has 2 heterocycles. The van der Waals surface area contributed by atoms with Crippen LogP contribution in [0.2, 0.25) is 0 Å². The van der Waals surface area contributed by atoms with Gasteiger partial charge in [-0.15, -0.1) is 0 Å². The molecule has 0 spiro atoms. The number of para-hydroxylation sites is 2. The number of hydrogen-bond donors (Lipinski definition) is 0. The molecule has 0 fully saturated rings. The Bertz CT molecular complexity index is 2990. The first-order valence-corrected chi connectivity index (χ1v) is 20.0. The fraction of sp³-hybridized carbons (Fsp3) is 0.0357. The van der Waals surface area contributed by atoms with Crippen LogP contribution in [0.15, 0.2) is 223 Å². The topological polar surface area (TPSA) is 16.4 Å². The van der Waals surface area contributed by atoms with E-state index in [1.807, 2.05) is 6.07 Å². The Labute approximate surface area is 338 Å². The molecule has 0 bridgehead atoms. The zero-order valence-corrected chi connectivity index (χ0v) is 32.1. The molecule has 58 heavy (non-hydrogen) atoms. The van der Waals surface area contributed by atoms with Crippen LogP contribution in [0.1, 0.15) is 23.6 Å². The number of furan rings is 1. The lowest BCUT2D eigenvalue weighted by Crippen LogP contribution is -2.34. The predicted octanol–water partition coefficient (Wildman–Crippen LogP) is 15.4. The maximum atomic E-state index is 6.78. The van der Waals surface area contributed by atoms with Crippen LogP contribution < -0.4 is 4.90 Å². The molecule has 0 radical (unpaired) electrons. The van der Waals surface area contributed by atoms with Crippen molar-refractivity contribution in [2.24, 2.45) is 0 Å². The normalized spacial score (nSPS) is 13.0. The Morgan fingerprint density at radius 2 is 0.810 bits per heavy atom. The first-order chi connectivity index (χ1) is 28.7. The lowest BCUT2D eigenvalue weighted by atomic mass is 9.66. The lowest BCUT2D eigenvalue weighted by molar-refractivity contribution is 0.665. The monoisotopic (exact) mass is 741 g/mol. The van der Waals surface area contributed by atoms with Gasteiger partial charge in [0.25, 0.3) is 0 Å². The van der Waals surface area contributed by atoms with E-state index in [0.29, 0.717) is 0 Å². The van der Waals surface area contributed by atoms with Crippen LogP contribution in [0.5, 0.6) is 0 Å². The molecule has 0 aliphatic carbocycles. The Hall–Kier alpha value is -7.42. The largest absolute Gasteiger partial charge is 0.454 e. The third-order valence-electron chi connectivity index (χ3n) is 12.2. The second-order valence-corrected chi connectivity index (χ2v) is 15.4. The van der Waals surface area contributed by atoms with Gasteiger partial charge in [-0.05, 0) is 105 Å². The number of nitrogens with zero attached hydrogens (tertiary/aromatic N) is 1. The van der Waals surface area contributed by atoms with Crippen molar-refractivity contribution in [1.29, 1.82) is 0 Å². The molecule has 2 nitrogen and oxygen atoms in total. The van der Waals surface area contributed by atoms with Crippen molar-refractivity contribution < 1.29 is 4.42 Å². The molecule has 1 aromatic heterocycles. The molecular formula is C56H39NO. The summed E-state index contributed by atoms with van der Waals surface area (Å²) in [5, 5.41) is 2.22. The SMILES string of the molecule is CC1(c2ccccc2)c2cc(-c3ccccc3-c3ccccc3)ccc2N(c2cccc3c2oc2ccccc23)c2ccc(-c3ccccc3-c3ccccc3)cc21. The molecule has 2 heteroatoms. The van der Waals surface area contributed by atoms with Gasteiger partial charge in [0.15, 0.2) is 5.58 Å². The summed E-state index contributed by atoms with van der Waals surface area (Å²) >= 11 is 0. The summed E-state index contributed by atoms with van der Waals surface area (Å²) in [5.41, 5.74) is 17.8. The van der Waals surface area contributed by atoms with Gasteiger partial charge in [-0.3, -0.25) is 0 Å². The summed E-state index contributed by atoms with van der Waals surface area (Å²) in [6.45, 7) is 2.42. The second kappa shape index (κ2) is 13.7. The number of fused-ring (bicyclic) bond motifs is 5. The average Bonchev–Trinajstić information content (AvgIpc) is 3.69. The molecule has 0 atom stereocenters. The Balaban J connectivity index is 1.22. The Morgan fingerprint density at radius 3 is 1.36 bits per heavy atom. The van der Waals surface area contributed by atoms with Crippen LogP contribution in [-0.2, 0) is 5.41 Å². The first-order valence-electron chi connectivity index (χ1n) is 20.0. The van der Waals surface area contributed by atoms with Gasteiger partial charge in [-0.25, -0.2) is 0 Å². The third kappa shape index (κ3) is 5.33. The van der Waals surface area contributed by atoms with Gasteiger partial charge < -0.3 is 9.32 Å². The third-order valence-corrected chi connectivity index (χ3v) is 12.2. The van der Waals surface area contributed by atoms with E-state index in [2.05, 4.69) is 224 Å². The van der Waals surface area contributed by atoms with Crippen molar-refractivity contribution in [3.63, 3.8) is 0 Å². The molecule has 274 valence electrons. The minimum Gasteiger partial charge on any atom is -0.454 e. The summed E-state index contributed by atoms with van der Waals surface area (Å²) in [7, 11) is 0. The average molecular weight is 742 g/mol. The van der Waals surface area contributed by atoms with E-state index in [1.54, 1.807) is 0 Å². The zero-order chi connectivity index (χ0) is 38.6. The molecular weight excluding hydrogens is 703 g/mol. The standard InChI is InChI=1S/C56H39NO/c1-56(42-22-9-4-10-23-42)49-36-40(45-26-13-11-24-43(45)38-18-5-2-6-19-38)32-34-51(49)57(53-30-17-29-48-47-28-15-16-31-54(47)58-55(48)53)52-35-33-41(37-50(52)56)46-27-14-12-25-44(46)39-20-7-3-8-21-39/h2-37H,1H3. The maximum Gasteiger partial charge on any atom is 0.159 e. The molecule has 0 saturated carbocycles. The molecule has 1 aliphatic heterocycles. The summed E-state index contributed by atoms with van der Waals surface area (Å²) in [4.78, 5) is 2.44. The Morgan fingerprint density at radius 1 is 0.362 bits per heavy atom. The van der Waals surface area contributed by atoms with E-state index < -0.39 is 5.41 Å². The van der Waals surface area contributed by atoms with E-state index in [4.69, 9.17) is 4.42 Å². The highest BCUT2D eigenvalue weighted by Gasteiger charge is 2.43. The number of rotatable bonds is 6. The van der Waals surface area contributed by atoms with Gasteiger partial charge >= 0.3 is 0 Å². The van der Waals surface area contributed by atoms with Crippen LogP contribution in [0.4, 0.5) is 17.1 Å². The molecule has 0 amide bonds. The van der Waals surface area contributed by atoms with Gasteiger partial charge in [0, 0.05) is 16.2 Å². The highest BCUT2D eigenvalue weighted by Crippen LogP contribution is 2.57. The van der Waals surface area contributed by atoms with Crippen LogP contribution in [0.3, 0.4) is 0 Å². The van der Waals surface area contributed by atoms with Crippen LogP contribution in [0, 0.1) is 0 Å². The second-order valence-electron chi connectivity index (χ2n) is 15.4. The summed E-state index contributed by atoms with van der Waals surface area (Å²) < 4.78 is 6.78. The van der Waals surface area contributed by atoms with Crippen molar-refractivity contribution in [3.05, 3.63) is 235 Å². The molecule has 0 N–H and O–H groups in total. The fourth-order valence-corrected chi connectivity index (χ4v) is 9.33. The van der Waals surface area contributed by atoms with E-state index in [9.17, 15) is 0 Å². The van der Waals surface area contributed by atoms with Crippen LogP contribution >= 0.6 is 0 Å². The lowest BCUT2D eigenvalue weighted by Gasteiger charge is -2.44. The van der Waals surface area contributed by atoms with Crippen molar-refractivity contribution in [1.82, 2.24) is 0 Å². The Kier molecular flexibility index (Phi) is 7.97. The molecule has 11 rings (SSSR count). The van der Waals surface area contributed by atoms with E-state index in [1.165, 1.54) is 61.2 Å². The quantitative estimate of drug-likeness (QED) is 0.169. The molecule has 0 saturated heterocycles. The summed E-state index contributed by atoms with van der Waals surface area (Å²) in [6, 6.07) is 79.1. The zero-order valence-electron chi connectivity index (χ0n) is 32.1. The predicted molar refractivity (Wildman–Crippen MR) is 242 cm³/mol. The van der Waals surface area contributed by atoms with Gasteiger partial charge in [-0.1, -0.05) is 182 Å². The highest BCUT2D eigenvalue weighted by atomic mass is 16.3. The highest BCUT2D eigenvalue weighted by molar-refractivity contribution is 6.11. The smallest absolute Gasteiger partial charge is 0.159 e. The maximum absolute atomic E-state index is 6.78. The number of benzene rings is 9. The van der Waals surface area contributed by atoms with Gasteiger partial charge in [0.2, 0.25) is 0 Å². The minimum absolute atomic E-state index is 0.528. The van der Waals surface area contributed by atoms with Gasteiger partial charge in [0.1, 0.15) is 5.58 Å². The molecule has 1 aliphatic rings. The fourth-order valence-electron chi connectivity index (χ4n) is 9.33. The van der Waals surface area contributed by atoms with Crippen LogP contribution in [0.25, 0.3) is 66.4 Å². The van der Waals surface area contributed by atoms with Crippen molar-refractivity contribution in [3.8, 4) is 44.5 Å². The van der Waals surface area contributed by atoms with Crippen LogP contribution in [-0.4, -0.2) is 0 Å². The summed E-state index contributed by atoms with van der Waals surface area (Å²) in [5.74, 6) is 0. The summed E-state index contributed by atoms with van der Waals surface area (Å²) in [6.07, 6.45) is 0. The molecule has 0 unspecified atom stereocenters.